The van der Waals surface area contributed by atoms with Gasteiger partial charge in [-0.05, 0) is 12.1 Å². The number of benzene rings is 1. The molecular weight excluding hydrogens is 299 g/mol. The Labute approximate surface area is 117 Å². The minimum atomic E-state index is -4.43. The van der Waals surface area contributed by atoms with Gasteiger partial charge in [0.1, 0.15) is 6.61 Å². The van der Waals surface area contributed by atoms with Crippen molar-refractivity contribution in [1.82, 2.24) is 0 Å². The van der Waals surface area contributed by atoms with Gasteiger partial charge in [-0.3, -0.25) is 9.59 Å². The molecule has 1 aliphatic rings. The van der Waals surface area contributed by atoms with Crippen LogP contribution in [0.5, 0.6) is 0 Å². The number of alkyl halides is 3. The number of hydrogen-bond donors (Lipinski definition) is 0. The molecule has 1 aromatic rings. The number of carbonyl (C=O) groups excluding carboxylic acids is 2. The number of nitrogens with zero attached hydrogens (tertiary/aromatic N) is 1. The summed E-state index contributed by atoms with van der Waals surface area (Å²) in [5.74, 6) is -1.54. The smallest absolute Gasteiger partial charge is 0.370 e. The van der Waals surface area contributed by atoms with Crippen LogP contribution in [0.3, 0.4) is 0 Å². The van der Waals surface area contributed by atoms with Crippen molar-refractivity contribution in [3.8, 4) is 0 Å². The molecule has 2 rings (SSSR count). The van der Waals surface area contributed by atoms with Crippen LogP contribution in [0, 0.1) is 0 Å². The molecule has 0 aromatic heterocycles. The SMILES string of the molecule is O=C1C(=O)N(CCOCC(F)(F)F)c2c(Cl)cccc21. The third-order valence-electron chi connectivity index (χ3n) is 2.67. The fourth-order valence-electron chi connectivity index (χ4n) is 1.87. The number of amides is 1. The highest BCUT2D eigenvalue weighted by atomic mass is 35.5. The van der Waals surface area contributed by atoms with Crippen LogP contribution in [-0.2, 0) is 9.53 Å². The lowest BCUT2D eigenvalue weighted by molar-refractivity contribution is -0.173. The first-order valence-corrected chi connectivity index (χ1v) is 5.98. The average molecular weight is 308 g/mol. The number of Topliss-reactive ketones (excluding diaryl/α,β-unsaturated/α-hetero) is 1. The van der Waals surface area contributed by atoms with E-state index in [1.54, 1.807) is 0 Å². The average Bonchev–Trinajstić information content (AvgIpc) is 2.60. The predicted molar refractivity (Wildman–Crippen MR) is 65.0 cm³/mol. The molecule has 0 spiro atoms. The van der Waals surface area contributed by atoms with E-state index >= 15 is 0 Å². The van der Waals surface area contributed by atoms with Crippen LogP contribution >= 0.6 is 11.6 Å². The highest BCUT2D eigenvalue weighted by Crippen LogP contribution is 2.35. The zero-order valence-corrected chi connectivity index (χ0v) is 10.8. The second-order valence-electron chi connectivity index (χ2n) is 4.09. The quantitative estimate of drug-likeness (QED) is 0.634. The highest BCUT2D eigenvalue weighted by molar-refractivity contribution is 6.54. The Balaban J connectivity index is 2.07. The first-order chi connectivity index (χ1) is 9.31. The van der Waals surface area contributed by atoms with Gasteiger partial charge in [0.15, 0.2) is 0 Å². The standard InChI is InChI=1S/C12H9ClF3NO3/c13-8-3-1-2-7-9(8)17(11(19)10(7)18)4-5-20-6-12(14,15)16/h1-3H,4-6H2. The molecule has 0 fully saturated rings. The van der Waals surface area contributed by atoms with Crippen molar-refractivity contribution in [2.75, 3.05) is 24.7 Å². The minimum Gasteiger partial charge on any atom is -0.370 e. The van der Waals surface area contributed by atoms with Crippen molar-refractivity contribution in [3.63, 3.8) is 0 Å². The summed E-state index contributed by atoms with van der Waals surface area (Å²) in [6.07, 6.45) is -4.43. The zero-order valence-electron chi connectivity index (χ0n) is 10.0. The molecule has 0 atom stereocenters. The third kappa shape index (κ3) is 2.94. The summed E-state index contributed by atoms with van der Waals surface area (Å²) < 4.78 is 40.2. The van der Waals surface area contributed by atoms with E-state index in [1.807, 2.05) is 0 Å². The Morgan fingerprint density at radius 3 is 2.60 bits per heavy atom. The van der Waals surface area contributed by atoms with Crippen LogP contribution in [0.15, 0.2) is 18.2 Å². The first kappa shape index (κ1) is 14.8. The monoisotopic (exact) mass is 307 g/mol. The van der Waals surface area contributed by atoms with E-state index in [9.17, 15) is 22.8 Å². The number of rotatable bonds is 4. The van der Waals surface area contributed by atoms with E-state index in [2.05, 4.69) is 4.74 Å². The van der Waals surface area contributed by atoms with Crippen LogP contribution in [0.1, 0.15) is 10.4 Å². The molecule has 0 saturated heterocycles. The number of hydrogen-bond acceptors (Lipinski definition) is 3. The van der Waals surface area contributed by atoms with Crippen LogP contribution in [0.2, 0.25) is 5.02 Å². The van der Waals surface area contributed by atoms with E-state index in [0.717, 1.165) is 4.90 Å². The second kappa shape index (κ2) is 5.41. The van der Waals surface area contributed by atoms with Crippen molar-refractivity contribution in [3.05, 3.63) is 28.8 Å². The van der Waals surface area contributed by atoms with Gasteiger partial charge >= 0.3 is 6.18 Å². The number of ketones is 1. The van der Waals surface area contributed by atoms with E-state index < -0.39 is 24.5 Å². The third-order valence-corrected chi connectivity index (χ3v) is 2.97. The Morgan fingerprint density at radius 1 is 1.25 bits per heavy atom. The van der Waals surface area contributed by atoms with E-state index in [1.165, 1.54) is 18.2 Å². The molecule has 0 N–H and O–H groups in total. The summed E-state index contributed by atoms with van der Waals surface area (Å²) in [7, 11) is 0. The van der Waals surface area contributed by atoms with Gasteiger partial charge in [0.2, 0.25) is 0 Å². The molecule has 1 heterocycles. The maximum absolute atomic E-state index is 11.9. The molecule has 8 heteroatoms. The molecule has 108 valence electrons. The van der Waals surface area contributed by atoms with Gasteiger partial charge in [0.05, 0.1) is 22.9 Å². The summed E-state index contributed by atoms with van der Waals surface area (Å²) in [6, 6.07) is 4.46. The summed E-state index contributed by atoms with van der Waals surface area (Å²) in [4.78, 5) is 24.5. The molecule has 0 saturated carbocycles. The van der Waals surface area contributed by atoms with Crippen molar-refractivity contribution >= 4 is 29.0 Å². The van der Waals surface area contributed by atoms with Crippen LogP contribution < -0.4 is 4.90 Å². The lowest BCUT2D eigenvalue weighted by Gasteiger charge is -2.17. The van der Waals surface area contributed by atoms with Crippen molar-refractivity contribution in [1.29, 1.82) is 0 Å². The molecule has 0 aliphatic carbocycles. The number of fused-ring (bicyclic) bond motifs is 1. The zero-order chi connectivity index (χ0) is 14.9. The van der Waals surface area contributed by atoms with Gasteiger partial charge in [-0.25, -0.2) is 0 Å². The molecule has 4 nitrogen and oxygen atoms in total. The van der Waals surface area contributed by atoms with E-state index in [0.29, 0.717) is 0 Å². The summed E-state index contributed by atoms with van der Waals surface area (Å²) in [6.45, 7) is -1.92. The van der Waals surface area contributed by atoms with E-state index in [4.69, 9.17) is 11.6 Å². The lowest BCUT2D eigenvalue weighted by Crippen LogP contribution is -2.33. The highest BCUT2D eigenvalue weighted by Gasteiger charge is 2.37. The molecule has 20 heavy (non-hydrogen) atoms. The van der Waals surface area contributed by atoms with Gasteiger partial charge in [-0.2, -0.15) is 13.2 Å². The Morgan fingerprint density at radius 2 is 1.95 bits per heavy atom. The number of halogens is 4. The van der Waals surface area contributed by atoms with Gasteiger partial charge < -0.3 is 9.64 Å². The minimum absolute atomic E-state index is 0.151. The predicted octanol–water partition coefficient (Wildman–Crippen LogP) is 2.45. The van der Waals surface area contributed by atoms with Gasteiger partial charge in [0.25, 0.3) is 11.7 Å². The van der Waals surface area contributed by atoms with Crippen LogP contribution in [0.4, 0.5) is 18.9 Å². The molecule has 1 aliphatic heterocycles. The second-order valence-corrected chi connectivity index (χ2v) is 4.50. The Hall–Kier alpha value is -1.60. The fourth-order valence-corrected chi connectivity index (χ4v) is 2.15. The van der Waals surface area contributed by atoms with Gasteiger partial charge in [-0.1, -0.05) is 17.7 Å². The number of anilines is 1. The number of carbonyl (C=O) groups is 2. The summed E-state index contributed by atoms with van der Waals surface area (Å²) in [5.41, 5.74) is 0.373. The first-order valence-electron chi connectivity index (χ1n) is 5.60. The van der Waals surface area contributed by atoms with Crippen molar-refractivity contribution < 1.29 is 27.5 Å². The largest absolute Gasteiger partial charge is 0.411 e. The van der Waals surface area contributed by atoms with Crippen molar-refractivity contribution in [2.45, 2.75) is 6.18 Å². The summed E-state index contributed by atoms with van der Waals surface area (Å²) >= 11 is 5.91. The fraction of sp³-hybridized carbons (Fsp3) is 0.333. The van der Waals surface area contributed by atoms with Gasteiger partial charge in [-0.15, -0.1) is 0 Å². The summed E-state index contributed by atoms with van der Waals surface area (Å²) in [5, 5.41) is 0.192. The molecule has 0 bridgehead atoms. The molecular formula is C12H9ClF3NO3. The lowest BCUT2D eigenvalue weighted by atomic mass is 10.1. The number of para-hydroxylation sites is 1. The van der Waals surface area contributed by atoms with Crippen LogP contribution in [0.25, 0.3) is 0 Å². The van der Waals surface area contributed by atoms with Crippen LogP contribution in [-0.4, -0.2) is 37.6 Å². The molecule has 0 unspecified atom stereocenters. The Bertz CT molecular complexity index is 559. The van der Waals surface area contributed by atoms with Gasteiger partial charge in [0, 0.05) is 6.54 Å². The molecule has 1 aromatic carbocycles. The Kier molecular flexibility index (Phi) is 4.01. The molecule has 1 amide bonds. The van der Waals surface area contributed by atoms with E-state index in [-0.39, 0.29) is 29.4 Å². The maximum atomic E-state index is 11.9. The normalized spacial score (nSPS) is 14.9. The maximum Gasteiger partial charge on any atom is 0.411 e. The molecule has 0 radical (unpaired) electrons. The van der Waals surface area contributed by atoms with Crippen molar-refractivity contribution in [2.24, 2.45) is 0 Å². The number of ether oxygens (including phenoxy) is 1. The topological polar surface area (TPSA) is 46.6 Å².